The quantitative estimate of drug-likeness (QED) is 0.108. The van der Waals surface area contributed by atoms with Crippen LogP contribution in [0.2, 0.25) is 0 Å². The van der Waals surface area contributed by atoms with E-state index in [1.165, 1.54) is 6.92 Å². The van der Waals surface area contributed by atoms with E-state index in [2.05, 4.69) is 19.7 Å². The van der Waals surface area contributed by atoms with Gasteiger partial charge < -0.3 is 40.3 Å². The van der Waals surface area contributed by atoms with E-state index in [4.69, 9.17) is 40.3 Å². The van der Waals surface area contributed by atoms with Crippen molar-refractivity contribution in [3.8, 4) is 0 Å². The van der Waals surface area contributed by atoms with E-state index < -0.39 is 18.2 Å². The highest BCUT2D eigenvalue weighted by atomic mass is 16.7. The maximum Gasteiger partial charge on any atom is 0.333 e. The van der Waals surface area contributed by atoms with Crippen molar-refractivity contribution in [2.75, 3.05) is 52.7 Å². The lowest BCUT2D eigenvalue weighted by Gasteiger charge is -2.17. The topological polar surface area (TPSA) is 170 Å². The van der Waals surface area contributed by atoms with E-state index in [0.717, 1.165) is 18.9 Å². The van der Waals surface area contributed by atoms with Gasteiger partial charge in [0, 0.05) is 36.8 Å². The van der Waals surface area contributed by atoms with E-state index >= 15 is 0 Å². The standard InChI is InChI=1S/C12H23NO4.C8H15NO3.C4H6O2/c1-3-8-16-12(17-11(14)4-2)6-10-15-9-5-7-13;1-7(2)8(10)12-6-5-11-4-3-9;1-3(2)4(5)6/h4,12H,2-3,5-10,13H2,1H3;1,3-6,9H2,2H3;1H2,2H3,(H,5,6). The molecule has 35 heavy (non-hydrogen) atoms. The third-order valence-electron chi connectivity index (χ3n) is 3.35. The first-order chi connectivity index (χ1) is 16.6. The van der Waals surface area contributed by atoms with Gasteiger partial charge >= 0.3 is 17.9 Å². The lowest BCUT2D eigenvalue weighted by atomic mass is 10.4. The Labute approximate surface area is 209 Å². The van der Waals surface area contributed by atoms with Crippen LogP contribution in [0.1, 0.15) is 40.0 Å². The largest absolute Gasteiger partial charge is 0.478 e. The van der Waals surface area contributed by atoms with Crippen LogP contribution >= 0.6 is 0 Å². The maximum atomic E-state index is 11.0. The summed E-state index contributed by atoms with van der Waals surface area (Å²) >= 11 is 0. The summed E-state index contributed by atoms with van der Waals surface area (Å²) in [5.74, 6) is -1.80. The molecule has 0 aliphatic carbocycles. The van der Waals surface area contributed by atoms with E-state index in [-0.39, 0.29) is 18.1 Å². The molecule has 0 radical (unpaired) electrons. The molecule has 11 heteroatoms. The highest BCUT2D eigenvalue weighted by molar-refractivity contribution is 5.86. The molecule has 0 aliphatic rings. The highest BCUT2D eigenvalue weighted by Crippen LogP contribution is 2.04. The average molecular weight is 505 g/mol. The molecule has 0 heterocycles. The summed E-state index contributed by atoms with van der Waals surface area (Å²) in [4.78, 5) is 31.4. The van der Waals surface area contributed by atoms with Crippen LogP contribution in [-0.4, -0.2) is 82.0 Å². The van der Waals surface area contributed by atoms with Crippen molar-refractivity contribution in [2.45, 2.75) is 46.3 Å². The Balaban J connectivity index is -0.000000493. The van der Waals surface area contributed by atoms with Gasteiger partial charge in [0.1, 0.15) is 6.61 Å². The molecule has 5 N–H and O–H groups in total. The van der Waals surface area contributed by atoms with Crippen LogP contribution in [0.4, 0.5) is 0 Å². The molecular weight excluding hydrogens is 460 g/mol. The van der Waals surface area contributed by atoms with Gasteiger partial charge in [0.25, 0.3) is 0 Å². The second-order valence-corrected chi connectivity index (χ2v) is 6.89. The number of nitrogens with two attached hydrogens (primary N) is 2. The second-order valence-electron chi connectivity index (χ2n) is 6.89. The maximum absolute atomic E-state index is 11.0. The van der Waals surface area contributed by atoms with Crippen LogP contribution in [0.25, 0.3) is 0 Å². The number of hydrogen-bond acceptors (Lipinski definition) is 10. The number of carboxylic acid groups (broad SMARTS) is 1. The van der Waals surface area contributed by atoms with Gasteiger partial charge in [-0.05, 0) is 33.2 Å². The fraction of sp³-hybridized carbons (Fsp3) is 0.625. The van der Waals surface area contributed by atoms with Gasteiger partial charge in [-0.25, -0.2) is 14.4 Å². The monoisotopic (exact) mass is 504 g/mol. The first-order valence-electron chi connectivity index (χ1n) is 11.3. The summed E-state index contributed by atoms with van der Waals surface area (Å²) < 4.78 is 25.4. The van der Waals surface area contributed by atoms with Gasteiger partial charge in [0.15, 0.2) is 0 Å². The van der Waals surface area contributed by atoms with Gasteiger partial charge in [0.2, 0.25) is 6.29 Å². The fourth-order valence-corrected chi connectivity index (χ4v) is 1.57. The summed E-state index contributed by atoms with van der Waals surface area (Å²) in [7, 11) is 0. The molecule has 0 rings (SSSR count). The number of carbonyl (C=O) groups excluding carboxylic acids is 2. The minimum absolute atomic E-state index is 0.176. The zero-order valence-electron chi connectivity index (χ0n) is 21.4. The third-order valence-corrected chi connectivity index (χ3v) is 3.35. The molecular formula is C24H44N2O9. The molecule has 1 atom stereocenters. The summed E-state index contributed by atoms with van der Waals surface area (Å²) in [5.41, 5.74) is 11.1. The summed E-state index contributed by atoms with van der Waals surface area (Å²) in [6.45, 7) is 18.8. The molecule has 1 unspecified atom stereocenters. The van der Waals surface area contributed by atoms with Crippen molar-refractivity contribution in [3.63, 3.8) is 0 Å². The molecule has 0 aromatic heterocycles. The molecule has 0 amide bonds. The van der Waals surface area contributed by atoms with Gasteiger partial charge in [-0.2, -0.15) is 0 Å². The van der Waals surface area contributed by atoms with Crippen LogP contribution < -0.4 is 11.5 Å². The van der Waals surface area contributed by atoms with Crippen LogP contribution in [-0.2, 0) is 38.1 Å². The molecule has 0 spiro atoms. The molecule has 0 aliphatic heterocycles. The highest BCUT2D eigenvalue weighted by Gasteiger charge is 2.12. The third kappa shape index (κ3) is 31.4. The predicted octanol–water partition coefficient (Wildman–Crippen LogP) is 1.95. The zero-order chi connectivity index (χ0) is 27.5. The molecule has 11 nitrogen and oxygen atoms in total. The molecule has 0 aromatic carbocycles. The average Bonchev–Trinajstić information content (AvgIpc) is 2.82. The van der Waals surface area contributed by atoms with E-state index in [1.807, 2.05) is 6.92 Å². The predicted molar refractivity (Wildman–Crippen MR) is 134 cm³/mol. The second kappa shape index (κ2) is 27.7. The van der Waals surface area contributed by atoms with Crippen LogP contribution in [0.15, 0.2) is 37.0 Å². The van der Waals surface area contributed by atoms with Gasteiger partial charge in [0.05, 0.1) is 26.4 Å². The molecule has 0 fully saturated rings. The zero-order valence-corrected chi connectivity index (χ0v) is 21.4. The summed E-state index contributed by atoms with van der Waals surface area (Å²) in [5, 5.41) is 7.89. The van der Waals surface area contributed by atoms with Gasteiger partial charge in [-0.3, -0.25) is 0 Å². The van der Waals surface area contributed by atoms with Crippen molar-refractivity contribution < 1.29 is 43.2 Å². The van der Waals surface area contributed by atoms with Crippen molar-refractivity contribution in [1.29, 1.82) is 0 Å². The Bertz CT molecular complexity index is 598. The van der Waals surface area contributed by atoms with E-state index in [0.29, 0.717) is 58.1 Å². The van der Waals surface area contributed by atoms with E-state index in [9.17, 15) is 14.4 Å². The van der Waals surface area contributed by atoms with Gasteiger partial charge in [-0.1, -0.05) is 26.7 Å². The SMILES string of the molecule is C=C(C)C(=O)O.C=C(C)C(=O)OCCOCCN.C=CC(=O)OC(CCOCCCN)OCCC. The normalized spacial score (nSPS) is 10.4. The number of carboxylic acids is 1. The number of hydrogen-bond donors (Lipinski definition) is 3. The number of aliphatic carboxylic acids is 1. The van der Waals surface area contributed by atoms with Gasteiger partial charge in [-0.15, -0.1) is 0 Å². The van der Waals surface area contributed by atoms with Crippen molar-refractivity contribution in [3.05, 3.63) is 37.0 Å². The Kier molecular flexibility index (Phi) is 29.2. The first-order valence-corrected chi connectivity index (χ1v) is 11.3. The molecule has 0 saturated heterocycles. The van der Waals surface area contributed by atoms with Crippen molar-refractivity contribution >= 4 is 17.9 Å². The lowest BCUT2D eigenvalue weighted by Crippen LogP contribution is -2.23. The minimum atomic E-state index is -0.935. The van der Waals surface area contributed by atoms with Crippen LogP contribution in [0.5, 0.6) is 0 Å². The summed E-state index contributed by atoms with van der Waals surface area (Å²) in [6.07, 6.45) is 2.78. The molecule has 0 saturated carbocycles. The van der Waals surface area contributed by atoms with Crippen LogP contribution in [0.3, 0.4) is 0 Å². The first kappa shape index (κ1) is 37.0. The number of ether oxygens (including phenoxy) is 5. The van der Waals surface area contributed by atoms with E-state index in [1.54, 1.807) is 6.92 Å². The molecule has 0 bridgehead atoms. The minimum Gasteiger partial charge on any atom is -0.478 e. The number of carbonyl (C=O) groups is 3. The number of esters is 2. The Morgan fingerprint density at radius 1 is 0.914 bits per heavy atom. The fourth-order valence-electron chi connectivity index (χ4n) is 1.57. The van der Waals surface area contributed by atoms with Crippen LogP contribution in [0, 0.1) is 0 Å². The lowest BCUT2D eigenvalue weighted by molar-refractivity contribution is -0.176. The molecule has 204 valence electrons. The van der Waals surface area contributed by atoms with Crippen molar-refractivity contribution in [1.82, 2.24) is 0 Å². The van der Waals surface area contributed by atoms with Crippen molar-refractivity contribution in [2.24, 2.45) is 11.5 Å². The smallest absolute Gasteiger partial charge is 0.333 e. The Morgan fingerprint density at radius 3 is 1.97 bits per heavy atom. The molecule has 0 aromatic rings. The Hall–Kier alpha value is -2.57. The Morgan fingerprint density at radius 2 is 1.51 bits per heavy atom. The summed E-state index contributed by atoms with van der Waals surface area (Å²) in [6, 6.07) is 0. The number of rotatable bonds is 18.